The molecule has 1 aromatic heterocycles. The Bertz CT molecular complexity index is 462. The van der Waals surface area contributed by atoms with Gasteiger partial charge in [-0.15, -0.1) is 0 Å². The number of imidazole rings is 1. The molecule has 0 aliphatic heterocycles. The van der Waals surface area contributed by atoms with Crippen molar-refractivity contribution < 1.29 is 0 Å². The molecule has 15 heavy (non-hydrogen) atoms. The van der Waals surface area contributed by atoms with Gasteiger partial charge in [0.1, 0.15) is 0 Å². The van der Waals surface area contributed by atoms with Gasteiger partial charge in [-0.3, -0.25) is 0 Å². The number of hydrogen-bond donors (Lipinski definition) is 2. The van der Waals surface area contributed by atoms with Crippen LogP contribution in [0, 0.1) is 6.92 Å². The molecule has 0 saturated heterocycles. The molecule has 0 unspecified atom stereocenters. The van der Waals surface area contributed by atoms with Gasteiger partial charge < -0.3 is 10.7 Å². The highest BCUT2D eigenvalue weighted by molar-refractivity contribution is 7.99. The molecule has 0 saturated carbocycles. The number of aryl methyl sites for hydroxylation is 1. The van der Waals surface area contributed by atoms with Gasteiger partial charge in [-0.05, 0) is 31.5 Å². The van der Waals surface area contributed by atoms with E-state index in [2.05, 4.69) is 29.0 Å². The summed E-state index contributed by atoms with van der Waals surface area (Å²) in [4.78, 5) is 7.77. The number of nitrogens with zero attached hydrogens (tertiary/aromatic N) is 1. The molecule has 4 heteroatoms. The molecule has 0 bridgehead atoms. The molecule has 2 rings (SSSR count). The zero-order chi connectivity index (χ0) is 10.8. The normalized spacial score (nSPS) is 13.3. The van der Waals surface area contributed by atoms with Crippen LogP contribution in [0.25, 0.3) is 11.0 Å². The summed E-state index contributed by atoms with van der Waals surface area (Å²) >= 11 is 1.67. The van der Waals surface area contributed by atoms with Crippen molar-refractivity contribution >= 4 is 22.8 Å². The van der Waals surface area contributed by atoms with Crippen molar-refractivity contribution in [2.45, 2.75) is 25.0 Å². The van der Waals surface area contributed by atoms with E-state index in [0.29, 0.717) is 0 Å². The number of H-pyrrole nitrogens is 1. The molecule has 0 fully saturated rings. The monoisotopic (exact) mass is 221 g/mol. The van der Waals surface area contributed by atoms with Gasteiger partial charge in [0, 0.05) is 11.8 Å². The lowest BCUT2D eigenvalue weighted by molar-refractivity contribution is 0.844. The van der Waals surface area contributed by atoms with Crippen molar-refractivity contribution in [3.8, 4) is 0 Å². The summed E-state index contributed by atoms with van der Waals surface area (Å²) in [6, 6.07) is 6.42. The van der Waals surface area contributed by atoms with Crippen molar-refractivity contribution in [3.05, 3.63) is 23.8 Å². The lowest BCUT2D eigenvalue weighted by Crippen LogP contribution is -2.17. The Hall–Kier alpha value is -1.00. The van der Waals surface area contributed by atoms with Crippen molar-refractivity contribution in [1.82, 2.24) is 9.97 Å². The summed E-state index contributed by atoms with van der Waals surface area (Å²) in [5.41, 5.74) is 9.06. The van der Waals surface area contributed by atoms with Crippen LogP contribution in [0.1, 0.15) is 12.5 Å². The minimum absolute atomic E-state index is 0.199. The summed E-state index contributed by atoms with van der Waals surface area (Å²) < 4.78 is 0. The second-order valence-corrected chi connectivity index (χ2v) is 4.86. The first kappa shape index (κ1) is 10.5. The third kappa shape index (κ3) is 2.52. The molecule has 1 heterocycles. The summed E-state index contributed by atoms with van der Waals surface area (Å²) in [5, 5.41) is 0.952. The highest BCUT2D eigenvalue weighted by Crippen LogP contribution is 2.20. The number of benzene rings is 1. The van der Waals surface area contributed by atoms with Crippen molar-refractivity contribution in [3.63, 3.8) is 0 Å². The molecule has 3 nitrogen and oxygen atoms in total. The first-order valence-corrected chi connectivity index (χ1v) is 5.98. The van der Waals surface area contributed by atoms with Gasteiger partial charge >= 0.3 is 0 Å². The fraction of sp³-hybridized carbons (Fsp3) is 0.364. The van der Waals surface area contributed by atoms with Gasteiger partial charge in [0.05, 0.1) is 11.0 Å². The van der Waals surface area contributed by atoms with Gasteiger partial charge in [-0.25, -0.2) is 4.98 Å². The summed E-state index contributed by atoms with van der Waals surface area (Å²) in [5.74, 6) is 0.888. The summed E-state index contributed by atoms with van der Waals surface area (Å²) in [6.07, 6.45) is 0. The Balaban J connectivity index is 2.23. The van der Waals surface area contributed by atoms with Crippen LogP contribution < -0.4 is 5.73 Å². The molecule has 0 aliphatic rings. The third-order valence-corrected chi connectivity index (χ3v) is 3.26. The second kappa shape index (κ2) is 4.24. The molecule has 3 N–H and O–H groups in total. The predicted octanol–water partition coefficient (Wildman–Crippen LogP) is 2.31. The average Bonchev–Trinajstić information content (AvgIpc) is 2.56. The maximum Gasteiger partial charge on any atom is 0.166 e. The average molecular weight is 221 g/mol. The lowest BCUT2D eigenvalue weighted by Gasteiger charge is -2.00. The highest BCUT2D eigenvalue weighted by Gasteiger charge is 2.04. The standard InChI is InChI=1S/C11H15N3S/c1-7-3-4-9-10(5-7)14-11(13-9)15-6-8(2)12/h3-5,8H,6,12H2,1-2H3,(H,13,14)/t8-/m0/s1. The molecule has 1 atom stereocenters. The van der Waals surface area contributed by atoms with E-state index in [-0.39, 0.29) is 6.04 Å². The molecule has 1 aromatic carbocycles. The second-order valence-electron chi connectivity index (χ2n) is 3.85. The topological polar surface area (TPSA) is 54.7 Å². The van der Waals surface area contributed by atoms with Gasteiger partial charge in [0.2, 0.25) is 0 Å². The SMILES string of the molecule is Cc1ccc2nc(SC[C@H](C)N)[nH]c2c1. The van der Waals surface area contributed by atoms with Gasteiger partial charge in [-0.2, -0.15) is 0 Å². The van der Waals surface area contributed by atoms with Crippen LogP contribution in [0.3, 0.4) is 0 Å². The number of hydrogen-bond acceptors (Lipinski definition) is 3. The minimum Gasteiger partial charge on any atom is -0.333 e. The van der Waals surface area contributed by atoms with Crippen LogP contribution in [0.5, 0.6) is 0 Å². The molecule has 0 spiro atoms. The van der Waals surface area contributed by atoms with Crippen LogP contribution in [0.15, 0.2) is 23.4 Å². The Morgan fingerprint density at radius 3 is 3.07 bits per heavy atom. The summed E-state index contributed by atoms with van der Waals surface area (Å²) in [7, 11) is 0. The molecular weight excluding hydrogens is 206 g/mol. The number of rotatable bonds is 3. The minimum atomic E-state index is 0.199. The number of fused-ring (bicyclic) bond motifs is 1. The molecule has 0 aliphatic carbocycles. The van der Waals surface area contributed by atoms with Crippen LogP contribution in [0.2, 0.25) is 0 Å². The van der Waals surface area contributed by atoms with Crippen molar-refractivity contribution in [2.24, 2.45) is 5.73 Å². The van der Waals surface area contributed by atoms with Crippen LogP contribution >= 0.6 is 11.8 Å². The maximum atomic E-state index is 5.70. The van der Waals surface area contributed by atoms with E-state index in [0.717, 1.165) is 21.9 Å². The van der Waals surface area contributed by atoms with E-state index >= 15 is 0 Å². The van der Waals surface area contributed by atoms with E-state index in [1.165, 1.54) is 5.56 Å². The number of aromatic amines is 1. The summed E-state index contributed by atoms with van der Waals surface area (Å²) in [6.45, 7) is 4.08. The van der Waals surface area contributed by atoms with Crippen LogP contribution in [0.4, 0.5) is 0 Å². The van der Waals surface area contributed by atoms with E-state index in [9.17, 15) is 0 Å². The van der Waals surface area contributed by atoms with Crippen LogP contribution in [-0.2, 0) is 0 Å². The number of thioether (sulfide) groups is 1. The van der Waals surface area contributed by atoms with E-state index in [4.69, 9.17) is 5.73 Å². The maximum absolute atomic E-state index is 5.70. The van der Waals surface area contributed by atoms with E-state index < -0.39 is 0 Å². The molecule has 80 valence electrons. The van der Waals surface area contributed by atoms with E-state index in [1.54, 1.807) is 11.8 Å². The number of aromatic nitrogens is 2. The molecular formula is C11H15N3S. The number of nitrogens with one attached hydrogen (secondary N) is 1. The third-order valence-electron chi connectivity index (χ3n) is 2.10. The predicted molar refractivity (Wildman–Crippen MR) is 65.2 cm³/mol. The smallest absolute Gasteiger partial charge is 0.166 e. The fourth-order valence-electron chi connectivity index (χ4n) is 1.38. The molecule has 0 radical (unpaired) electrons. The Morgan fingerprint density at radius 1 is 1.53 bits per heavy atom. The fourth-order valence-corrected chi connectivity index (χ4v) is 2.14. The van der Waals surface area contributed by atoms with Gasteiger partial charge in [0.15, 0.2) is 5.16 Å². The first-order chi connectivity index (χ1) is 7.15. The Kier molecular flexibility index (Phi) is 2.98. The van der Waals surface area contributed by atoms with Crippen molar-refractivity contribution in [2.75, 3.05) is 5.75 Å². The Labute approximate surface area is 93.5 Å². The first-order valence-electron chi connectivity index (χ1n) is 5.00. The molecule has 0 amide bonds. The number of nitrogens with two attached hydrogens (primary N) is 1. The Morgan fingerprint density at radius 2 is 2.33 bits per heavy atom. The lowest BCUT2D eigenvalue weighted by atomic mass is 10.2. The zero-order valence-corrected chi connectivity index (χ0v) is 9.77. The van der Waals surface area contributed by atoms with Gasteiger partial charge in [-0.1, -0.05) is 17.8 Å². The largest absolute Gasteiger partial charge is 0.333 e. The molecule has 2 aromatic rings. The zero-order valence-electron chi connectivity index (χ0n) is 8.95. The van der Waals surface area contributed by atoms with E-state index in [1.807, 2.05) is 13.0 Å². The van der Waals surface area contributed by atoms with Crippen LogP contribution in [-0.4, -0.2) is 21.8 Å². The van der Waals surface area contributed by atoms with Crippen molar-refractivity contribution in [1.29, 1.82) is 0 Å². The quantitative estimate of drug-likeness (QED) is 0.782. The van der Waals surface area contributed by atoms with Gasteiger partial charge in [0.25, 0.3) is 0 Å². The highest BCUT2D eigenvalue weighted by atomic mass is 32.2.